The van der Waals surface area contributed by atoms with E-state index in [1.165, 1.54) is 5.69 Å². The molecule has 0 unspecified atom stereocenters. The van der Waals surface area contributed by atoms with Gasteiger partial charge in [-0.1, -0.05) is 18.1 Å². The molecule has 0 fully saturated rings. The normalized spacial score (nSPS) is 9.28. The van der Waals surface area contributed by atoms with Crippen LogP contribution in [0.2, 0.25) is 0 Å². The number of nitrogens with zero attached hydrogens (tertiary/aromatic N) is 1. The summed E-state index contributed by atoms with van der Waals surface area (Å²) >= 11 is 0. The topological polar surface area (TPSA) is 32.3 Å². The van der Waals surface area contributed by atoms with Crippen molar-refractivity contribution in [2.75, 3.05) is 18.0 Å². The molecule has 0 aromatic heterocycles. The maximum atomic E-state index is 11.2. The van der Waals surface area contributed by atoms with Crippen molar-refractivity contribution in [1.82, 2.24) is 5.32 Å². The summed E-state index contributed by atoms with van der Waals surface area (Å²) in [5, 5.41) is 2.75. The Morgan fingerprint density at radius 1 is 1.22 bits per heavy atom. The Labute approximate surface area is 109 Å². The van der Waals surface area contributed by atoms with Crippen LogP contribution in [-0.2, 0) is 11.3 Å². The van der Waals surface area contributed by atoms with Crippen LogP contribution in [0.3, 0.4) is 0 Å². The predicted octanol–water partition coefficient (Wildman–Crippen LogP) is 2.17. The van der Waals surface area contributed by atoms with Gasteiger partial charge in [0.2, 0.25) is 0 Å². The van der Waals surface area contributed by atoms with Gasteiger partial charge >= 0.3 is 0 Å². The molecule has 1 N–H and O–H groups in total. The second kappa shape index (κ2) is 7.39. The molecule has 0 aliphatic heterocycles. The van der Waals surface area contributed by atoms with E-state index in [2.05, 4.69) is 48.0 Å². The average molecular weight is 244 g/mol. The second-order valence-electron chi connectivity index (χ2n) is 3.90. The van der Waals surface area contributed by atoms with Crippen LogP contribution >= 0.6 is 0 Å². The second-order valence-corrected chi connectivity index (χ2v) is 3.90. The Morgan fingerprint density at radius 2 is 1.83 bits per heavy atom. The Bertz CT molecular complexity index is 436. The summed E-state index contributed by atoms with van der Waals surface area (Å²) in [6.45, 7) is 8.45. The molecule has 0 heterocycles. The highest BCUT2D eigenvalue weighted by atomic mass is 16.1. The first-order chi connectivity index (χ1) is 8.71. The van der Waals surface area contributed by atoms with Crippen LogP contribution < -0.4 is 10.2 Å². The number of nitrogens with one attached hydrogen (secondary N) is 1. The maximum absolute atomic E-state index is 11.2. The first-order valence-electron chi connectivity index (χ1n) is 6.25. The largest absolute Gasteiger partial charge is 0.372 e. The molecule has 3 nitrogen and oxygen atoms in total. The molecular weight excluding hydrogens is 224 g/mol. The van der Waals surface area contributed by atoms with Crippen molar-refractivity contribution in [2.45, 2.75) is 27.3 Å². The Kier molecular flexibility index (Phi) is 5.79. The van der Waals surface area contributed by atoms with E-state index in [0.29, 0.717) is 6.54 Å². The van der Waals surface area contributed by atoms with E-state index >= 15 is 0 Å². The lowest BCUT2D eigenvalue weighted by Crippen LogP contribution is -2.22. The molecule has 0 spiro atoms. The lowest BCUT2D eigenvalue weighted by atomic mass is 10.2. The predicted molar refractivity (Wildman–Crippen MR) is 75.3 cm³/mol. The maximum Gasteiger partial charge on any atom is 0.296 e. The molecule has 0 saturated heterocycles. The average Bonchev–Trinajstić information content (AvgIpc) is 2.39. The molecule has 0 aliphatic rings. The van der Waals surface area contributed by atoms with E-state index in [4.69, 9.17) is 0 Å². The zero-order chi connectivity index (χ0) is 13.4. The van der Waals surface area contributed by atoms with Gasteiger partial charge in [0, 0.05) is 25.3 Å². The summed E-state index contributed by atoms with van der Waals surface area (Å²) in [5.41, 5.74) is 2.29. The molecule has 96 valence electrons. The van der Waals surface area contributed by atoms with Gasteiger partial charge in [-0.3, -0.25) is 4.79 Å². The van der Waals surface area contributed by atoms with Crippen LogP contribution in [-0.4, -0.2) is 19.0 Å². The number of hydrogen-bond donors (Lipinski definition) is 1. The summed E-state index contributed by atoms with van der Waals surface area (Å²) < 4.78 is 0. The Morgan fingerprint density at radius 3 is 2.33 bits per heavy atom. The smallest absolute Gasteiger partial charge is 0.296 e. The van der Waals surface area contributed by atoms with Gasteiger partial charge < -0.3 is 10.2 Å². The van der Waals surface area contributed by atoms with E-state index in [1.807, 2.05) is 12.1 Å². The molecule has 18 heavy (non-hydrogen) atoms. The third kappa shape index (κ3) is 4.14. The molecule has 0 radical (unpaired) electrons. The summed E-state index contributed by atoms with van der Waals surface area (Å²) in [6, 6.07) is 8.24. The number of carbonyl (C=O) groups is 1. The molecule has 3 heteroatoms. The summed E-state index contributed by atoms with van der Waals surface area (Å²) in [5.74, 6) is 4.80. The van der Waals surface area contributed by atoms with E-state index in [1.54, 1.807) is 6.92 Å². The third-order valence-corrected chi connectivity index (χ3v) is 2.76. The minimum Gasteiger partial charge on any atom is -0.372 e. The highest BCUT2D eigenvalue weighted by Gasteiger charge is 2.01. The van der Waals surface area contributed by atoms with E-state index in [0.717, 1.165) is 18.7 Å². The fraction of sp³-hybridized carbons (Fsp3) is 0.400. The molecule has 0 atom stereocenters. The minimum absolute atomic E-state index is 0.231. The van der Waals surface area contributed by atoms with Crippen molar-refractivity contribution >= 4 is 11.6 Å². The van der Waals surface area contributed by atoms with Crippen molar-refractivity contribution in [2.24, 2.45) is 0 Å². The van der Waals surface area contributed by atoms with Crippen LogP contribution in [0.15, 0.2) is 24.3 Å². The SMILES string of the molecule is CC#CC(=O)NCc1ccc(N(CC)CC)cc1. The Hall–Kier alpha value is -1.95. The molecule has 1 aromatic rings. The van der Waals surface area contributed by atoms with Gasteiger partial charge in [-0.05, 0) is 44.4 Å². The molecule has 1 amide bonds. The number of hydrogen-bond acceptors (Lipinski definition) is 2. The van der Waals surface area contributed by atoms with Crippen LogP contribution in [0, 0.1) is 11.8 Å². The van der Waals surface area contributed by atoms with E-state index in [-0.39, 0.29) is 5.91 Å². The third-order valence-electron chi connectivity index (χ3n) is 2.76. The molecule has 1 aromatic carbocycles. The van der Waals surface area contributed by atoms with Gasteiger partial charge in [-0.15, -0.1) is 0 Å². The monoisotopic (exact) mass is 244 g/mol. The van der Waals surface area contributed by atoms with Crippen LogP contribution in [0.25, 0.3) is 0 Å². The summed E-state index contributed by atoms with van der Waals surface area (Å²) in [4.78, 5) is 13.5. The van der Waals surface area contributed by atoms with Crippen molar-refractivity contribution < 1.29 is 4.79 Å². The number of benzene rings is 1. The quantitative estimate of drug-likeness (QED) is 0.805. The van der Waals surface area contributed by atoms with E-state index in [9.17, 15) is 4.79 Å². The van der Waals surface area contributed by atoms with Crippen molar-refractivity contribution in [3.05, 3.63) is 29.8 Å². The first kappa shape index (κ1) is 14.1. The standard InChI is InChI=1S/C15H20N2O/c1-4-7-15(18)16-12-13-8-10-14(11-9-13)17(5-2)6-3/h8-11H,5-6,12H2,1-3H3,(H,16,18). The van der Waals surface area contributed by atoms with Crippen LogP contribution in [0.1, 0.15) is 26.3 Å². The van der Waals surface area contributed by atoms with Crippen molar-refractivity contribution in [1.29, 1.82) is 0 Å². The number of carbonyl (C=O) groups excluding carboxylic acids is 1. The van der Waals surface area contributed by atoms with Crippen molar-refractivity contribution in [3.63, 3.8) is 0 Å². The molecule has 0 saturated carbocycles. The lowest BCUT2D eigenvalue weighted by Gasteiger charge is -2.21. The van der Waals surface area contributed by atoms with Gasteiger partial charge in [-0.25, -0.2) is 0 Å². The lowest BCUT2D eigenvalue weighted by molar-refractivity contribution is -0.115. The molecular formula is C15H20N2O. The van der Waals surface area contributed by atoms with Gasteiger partial charge in [-0.2, -0.15) is 0 Å². The van der Waals surface area contributed by atoms with Gasteiger partial charge in [0.1, 0.15) is 0 Å². The Balaban J connectivity index is 2.59. The van der Waals surface area contributed by atoms with Gasteiger partial charge in [0.25, 0.3) is 5.91 Å². The molecule has 0 bridgehead atoms. The summed E-state index contributed by atoms with van der Waals surface area (Å²) in [7, 11) is 0. The number of amides is 1. The van der Waals surface area contributed by atoms with Gasteiger partial charge in [0.15, 0.2) is 0 Å². The fourth-order valence-electron chi connectivity index (χ4n) is 1.75. The zero-order valence-corrected chi connectivity index (χ0v) is 11.3. The highest BCUT2D eigenvalue weighted by Crippen LogP contribution is 2.14. The van der Waals surface area contributed by atoms with Crippen molar-refractivity contribution in [3.8, 4) is 11.8 Å². The van der Waals surface area contributed by atoms with Gasteiger partial charge in [0.05, 0.1) is 0 Å². The van der Waals surface area contributed by atoms with Crippen LogP contribution in [0.4, 0.5) is 5.69 Å². The van der Waals surface area contributed by atoms with Crippen LogP contribution in [0.5, 0.6) is 0 Å². The molecule has 1 rings (SSSR count). The van der Waals surface area contributed by atoms with E-state index < -0.39 is 0 Å². The zero-order valence-electron chi connectivity index (χ0n) is 11.3. The number of anilines is 1. The first-order valence-corrected chi connectivity index (χ1v) is 6.25. The molecule has 0 aliphatic carbocycles. The number of rotatable bonds is 5. The summed E-state index contributed by atoms with van der Waals surface area (Å²) in [6.07, 6.45) is 0. The highest BCUT2D eigenvalue weighted by molar-refractivity contribution is 5.93. The minimum atomic E-state index is -0.231. The fourth-order valence-corrected chi connectivity index (χ4v) is 1.75.